The molecule has 92 valence electrons. The molecule has 0 saturated carbocycles. The van der Waals surface area contributed by atoms with Crippen LogP contribution in [0.1, 0.15) is 44.6 Å². The maximum absolute atomic E-state index is 9.18. The van der Waals surface area contributed by atoms with E-state index in [1.165, 1.54) is 0 Å². The number of hydrogen-bond acceptors (Lipinski definition) is 3. The van der Waals surface area contributed by atoms with Crippen LogP contribution in [0.5, 0.6) is 0 Å². The lowest BCUT2D eigenvalue weighted by molar-refractivity contribution is 0.359. The fraction of sp³-hybridized carbons (Fsp3) is 0.571. The van der Waals surface area contributed by atoms with E-state index in [4.69, 9.17) is 0 Å². The molecule has 3 heteroatoms. The number of hydrogen-bond donors (Lipinski definition) is 1. The van der Waals surface area contributed by atoms with Crippen LogP contribution in [0.4, 0.5) is 5.69 Å². The monoisotopic (exact) mass is 231 g/mol. The predicted molar refractivity (Wildman–Crippen MR) is 71.0 cm³/mol. The molecule has 0 amide bonds. The first-order valence-corrected chi connectivity index (χ1v) is 5.90. The molecule has 0 aliphatic rings. The first-order chi connectivity index (χ1) is 7.75. The number of aryl methyl sites for hydroxylation is 2. The highest BCUT2D eigenvalue weighted by Crippen LogP contribution is 2.25. The van der Waals surface area contributed by atoms with E-state index in [2.05, 4.69) is 44.1 Å². The number of nitrogens with zero attached hydrogens (tertiary/aromatic N) is 2. The Balaban J connectivity index is 3.11. The van der Waals surface area contributed by atoms with Crippen molar-refractivity contribution in [3.63, 3.8) is 0 Å². The van der Waals surface area contributed by atoms with Crippen LogP contribution >= 0.6 is 0 Å². The van der Waals surface area contributed by atoms with E-state index in [-0.39, 0.29) is 11.5 Å². The lowest BCUT2D eigenvalue weighted by Crippen LogP contribution is -2.31. The Morgan fingerprint density at radius 1 is 1.35 bits per heavy atom. The summed E-state index contributed by atoms with van der Waals surface area (Å²) in [6, 6.07) is 4.45. The number of nitriles is 1. The van der Waals surface area contributed by atoms with E-state index in [9.17, 15) is 5.26 Å². The van der Waals surface area contributed by atoms with Crippen LogP contribution in [0.15, 0.2) is 6.07 Å². The predicted octanol–water partition coefficient (Wildman–Crippen LogP) is 3.42. The molecule has 1 atom stereocenters. The summed E-state index contributed by atoms with van der Waals surface area (Å²) in [5, 5.41) is 12.6. The van der Waals surface area contributed by atoms with Crippen LogP contribution in [0.3, 0.4) is 0 Å². The van der Waals surface area contributed by atoms with Gasteiger partial charge in [0, 0.05) is 11.7 Å². The van der Waals surface area contributed by atoms with Gasteiger partial charge >= 0.3 is 0 Å². The van der Waals surface area contributed by atoms with Crippen molar-refractivity contribution in [3.8, 4) is 6.07 Å². The molecule has 3 nitrogen and oxygen atoms in total. The topological polar surface area (TPSA) is 48.7 Å². The zero-order valence-electron chi connectivity index (χ0n) is 11.5. The van der Waals surface area contributed by atoms with Gasteiger partial charge in [-0.25, -0.2) is 0 Å². The molecule has 0 aliphatic carbocycles. The van der Waals surface area contributed by atoms with Crippen molar-refractivity contribution >= 4 is 5.69 Å². The highest BCUT2D eigenvalue weighted by Gasteiger charge is 2.21. The summed E-state index contributed by atoms with van der Waals surface area (Å²) in [5.74, 6) is 0. The maximum atomic E-state index is 9.18. The summed E-state index contributed by atoms with van der Waals surface area (Å²) >= 11 is 0. The third kappa shape index (κ3) is 3.20. The van der Waals surface area contributed by atoms with Crippen LogP contribution in [0, 0.1) is 30.6 Å². The van der Waals surface area contributed by atoms with E-state index in [0.717, 1.165) is 17.1 Å². The van der Waals surface area contributed by atoms with Crippen LogP contribution in [0.2, 0.25) is 0 Å². The van der Waals surface area contributed by atoms with Gasteiger partial charge in [0.25, 0.3) is 0 Å². The summed E-state index contributed by atoms with van der Waals surface area (Å²) in [5.41, 5.74) is 3.41. The molecular formula is C14H21N3. The van der Waals surface area contributed by atoms with E-state index in [1.807, 2.05) is 19.9 Å². The molecule has 0 aromatic carbocycles. The van der Waals surface area contributed by atoms with E-state index < -0.39 is 0 Å². The van der Waals surface area contributed by atoms with Gasteiger partial charge in [0.05, 0.1) is 16.9 Å². The molecule has 1 N–H and O–H groups in total. The molecule has 1 aromatic rings. The largest absolute Gasteiger partial charge is 0.381 e. The van der Waals surface area contributed by atoms with Crippen molar-refractivity contribution in [2.75, 3.05) is 5.32 Å². The molecule has 0 fully saturated rings. The first-order valence-electron chi connectivity index (χ1n) is 5.90. The Morgan fingerprint density at radius 3 is 2.41 bits per heavy atom. The second kappa shape index (κ2) is 4.75. The van der Waals surface area contributed by atoms with E-state index in [1.54, 1.807) is 0 Å². The number of rotatable bonds is 2. The van der Waals surface area contributed by atoms with Gasteiger partial charge in [-0.15, -0.1) is 0 Å². The average Bonchev–Trinajstić information content (AvgIpc) is 2.15. The van der Waals surface area contributed by atoms with Gasteiger partial charge in [-0.1, -0.05) is 20.8 Å². The summed E-state index contributed by atoms with van der Waals surface area (Å²) < 4.78 is 0. The van der Waals surface area contributed by atoms with Gasteiger partial charge in [-0.3, -0.25) is 4.98 Å². The molecule has 0 spiro atoms. The molecule has 1 rings (SSSR count). The number of anilines is 1. The van der Waals surface area contributed by atoms with Gasteiger partial charge in [0.1, 0.15) is 6.07 Å². The quantitative estimate of drug-likeness (QED) is 0.848. The molecule has 0 saturated heterocycles. The van der Waals surface area contributed by atoms with Crippen LogP contribution in [-0.4, -0.2) is 11.0 Å². The van der Waals surface area contributed by atoms with Gasteiger partial charge in [-0.05, 0) is 32.3 Å². The zero-order valence-corrected chi connectivity index (χ0v) is 11.5. The van der Waals surface area contributed by atoms with E-state index in [0.29, 0.717) is 5.56 Å². The normalized spacial score (nSPS) is 13.0. The fourth-order valence-electron chi connectivity index (χ4n) is 1.53. The summed E-state index contributed by atoms with van der Waals surface area (Å²) in [4.78, 5) is 4.31. The summed E-state index contributed by atoms with van der Waals surface area (Å²) in [6.45, 7) is 12.5. The minimum Gasteiger partial charge on any atom is -0.381 e. The first kappa shape index (κ1) is 13.5. The number of aromatic nitrogens is 1. The lowest BCUT2D eigenvalue weighted by atomic mass is 9.88. The van der Waals surface area contributed by atoms with E-state index >= 15 is 0 Å². The van der Waals surface area contributed by atoms with Gasteiger partial charge < -0.3 is 5.32 Å². The number of nitrogens with one attached hydrogen (secondary N) is 1. The summed E-state index contributed by atoms with van der Waals surface area (Å²) in [7, 11) is 0. The summed E-state index contributed by atoms with van der Waals surface area (Å²) in [6.07, 6.45) is 0. The smallest absolute Gasteiger partial charge is 0.103 e. The zero-order chi connectivity index (χ0) is 13.2. The highest BCUT2D eigenvalue weighted by atomic mass is 14.9. The van der Waals surface area contributed by atoms with Gasteiger partial charge in [0.15, 0.2) is 0 Å². The average molecular weight is 231 g/mol. The van der Waals surface area contributed by atoms with Crippen molar-refractivity contribution in [2.45, 2.75) is 47.6 Å². The molecule has 0 bridgehead atoms. The Morgan fingerprint density at radius 2 is 1.94 bits per heavy atom. The van der Waals surface area contributed by atoms with Crippen molar-refractivity contribution < 1.29 is 0 Å². The SMILES string of the molecule is Cc1cc(NC(C)C(C)(C)C)c(C#N)c(C)n1. The minimum atomic E-state index is 0.151. The lowest BCUT2D eigenvalue weighted by Gasteiger charge is -2.29. The molecule has 17 heavy (non-hydrogen) atoms. The van der Waals surface area contributed by atoms with Gasteiger partial charge in [0.2, 0.25) is 0 Å². The van der Waals surface area contributed by atoms with Crippen LogP contribution in [0.25, 0.3) is 0 Å². The second-order valence-corrected chi connectivity index (χ2v) is 5.62. The molecule has 0 radical (unpaired) electrons. The maximum Gasteiger partial charge on any atom is 0.103 e. The molecule has 0 aliphatic heterocycles. The Labute approximate surface area is 104 Å². The van der Waals surface area contributed by atoms with Crippen molar-refractivity contribution in [1.29, 1.82) is 5.26 Å². The standard InChI is InChI=1S/C14H21N3/c1-9-7-13(12(8-15)10(2)16-9)17-11(3)14(4,5)6/h7,11H,1-6H3,(H,16,17). The molecular weight excluding hydrogens is 210 g/mol. The Bertz CT molecular complexity index is 450. The van der Waals surface area contributed by atoms with Crippen LogP contribution in [-0.2, 0) is 0 Å². The third-order valence-corrected chi connectivity index (χ3v) is 3.11. The Kier molecular flexibility index (Phi) is 3.77. The molecule has 1 unspecified atom stereocenters. The fourth-order valence-corrected chi connectivity index (χ4v) is 1.53. The van der Waals surface area contributed by atoms with Crippen molar-refractivity contribution in [1.82, 2.24) is 4.98 Å². The molecule has 1 aromatic heterocycles. The van der Waals surface area contributed by atoms with Crippen LogP contribution < -0.4 is 5.32 Å². The third-order valence-electron chi connectivity index (χ3n) is 3.11. The second-order valence-electron chi connectivity index (χ2n) is 5.62. The van der Waals surface area contributed by atoms with Gasteiger partial charge in [-0.2, -0.15) is 5.26 Å². The number of pyridine rings is 1. The van der Waals surface area contributed by atoms with Crippen molar-refractivity contribution in [2.24, 2.45) is 5.41 Å². The molecule has 1 heterocycles. The minimum absolute atomic E-state index is 0.151. The van der Waals surface area contributed by atoms with Crippen molar-refractivity contribution in [3.05, 3.63) is 23.0 Å². The Hall–Kier alpha value is -1.56. The highest BCUT2D eigenvalue weighted by molar-refractivity contribution is 5.60.